The normalized spacial score (nSPS) is 16.6. The fourth-order valence-electron chi connectivity index (χ4n) is 3.64. The molecule has 0 bridgehead atoms. The maximum atomic E-state index is 12.8. The molecule has 7 heteroatoms. The van der Waals surface area contributed by atoms with Gasteiger partial charge in [-0.3, -0.25) is 4.79 Å². The van der Waals surface area contributed by atoms with Crippen LogP contribution >= 0.6 is 0 Å². The molecule has 1 N–H and O–H groups in total. The van der Waals surface area contributed by atoms with Crippen LogP contribution in [0, 0.1) is 26.7 Å². The molecule has 1 amide bonds. The van der Waals surface area contributed by atoms with Gasteiger partial charge in [-0.05, 0) is 75.9 Å². The van der Waals surface area contributed by atoms with Gasteiger partial charge in [0.1, 0.15) is 12.4 Å². The lowest BCUT2D eigenvalue weighted by Gasteiger charge is -2.31. The van der Waals surface area contributed by atoms with E-state index in [0.29, 0.717) is 37.4 Å². The minimum Gasteiger partial charge on any atom is -0.491 e. The highest BCUT2D eigenvalue weighted by Crippen LogP contribution is 2.24. The SMILES string of the molecule is Cc1ccc(S(=O)(=O)N2CCC(C(=O)N[C@H](C)COc3ccc(C)c(C)c3)CC2)cc1. The summed E-state index contributed by atoms with van der Waals surface area (Å²) in [4.78, 5) is 13.0. The van der Waals surface area contributed by atoms with Crippen LogP contribution in [0.15, 0.2) is 47.4 Å². The molecule has 0 radical (unpaired) electrons. The molecule has 0 saturated carbocycles. The number of ether oxygens (including phenoxy) is 1. The second-order valence-electron chi connectivity index (χ2n) is 8.46. The summed E-state index contributed by atoms with van der Waals surface area (Å²) < 4.78 is 32.9. The topological polar surface area (TPSA) is 75.7 Å². The number of aryl methyl sites for hydroxylation is 3. The molecule has 2 aromatic rings. The quantitative estimate of drug-likeness (QED) is 0.708. The first-order valence-electron chi connectivity index (χ1n) is 10.7. The summed E-state index contributed by atoms with van der Waals surface area (Å²) in [5.41, 5.74) is 3.40. The number of nitrogens with zero attached hydrogens (tertiary/aromatic N) is 1. The van der Waals surface area contributed by atoms with E-state index in [1.807, 2.05) is 39.0 Å². The van der Waals surface area contributed by atoms with Gasteiger partial charge in [0.15, 0.2) is 0 Å². The summed E-state index contributed by atoms with van der Waals surface area (Å²) in [5.74, 6) is 0.566. The number of nitrogens with one attached hydrogen (secondary N) is 1. The number of carbonyl (C=O) groups is 1. The van der Waals surface area contributed by atoms with Crippen LogP contribution in [0.1, 0.15) is 36.5 Å². The fourth-order valence-corrected chi connectivity index (χ4v) is 5.11. The van der Waals surface area contributed by atoms with Gasteiger partial charge in [-0.1, -0.05) is 23.8 Å². The first-order valence-corrected chi connectivity index (χ1v) is 12.2. The lowest BCUT2D eigenvalue weighted by atomic mass is 9.97. The third kappa shape index (κ3) is 5.86. The van der Waals surface area contributed by atoms with E-state index in [2.05, 4.69) is 12.2 Å². The van der Waals surface area contributed by atoms with E-state index in [1.165, 1.54) is 15.4 Å². The van der Waals surface area contributed by atoms with Crippen molar-refractivity contribution in [3.63, 3.8) is 0 Å². The van der Waals surface area contributed by atoms with Crippen molar-refractivity contribution in [3.8, 4) is 5.75 Å². The number of piperidine rings is 1. The average molecular weight is 445 g/mol. The van der Waals surface area contributed by atoms with E-state index in [9.17, 15) is 13.2 Å². The smallest absolute Gasteiger partial charge is 0.243 e. The predicted molar refractivity (Wildman–Crippen MR) is 122 cm³/mol. The lowest BCUT2D eigenvalue weighted by Crippen LogP contribution is -2.45. The van der Waals surface area contributed by atoms with Crippen LogP contribution in [0.4, 0.5) is 0 Å². The minimum absolute atomic E-state index is 0.0384. The van der Waals surface area contributed by atoms with Crippen LogP contribution in [-0.4, -0.2) is 44.4 Å². The summed E-state index contributed by atoms with van der Waals surface area (Å²) in [6.07, 6.45) is 1.03. The Morgan fingerprint density at radius 3 is 2.32 bits per heavy atom. The number of carbonyl (C=O) groups excluding carboxylic acids is 1. The van der Waals surface area contributed by atoms with Crippen LogP contribution in [-0.2, 0) is 14.8 Å². The van der Waals surface area contributed by atoms with Gasteiger partial charge in [-0.25, -0.2) is 8.42 Å². The Hall–Kier alpha value is -2.38. The molecule has 1 saturated heterocycles. The van der Waals surface area contributed by atoms with Crippen LogP contribution in [0.2, 0.25) is 0 Å². The van der Waals surface area contributed by atoms with E-state index in [4.69, 9.17) is 4.74 Å². The van der Waals surface area contributed by atoms with Gasteiger partial charge in [0, 0.05) is 19.0 Å². The number of amides is 1. The molecule has 1 fully saturated rings. The van der Waals surface area contributed by atoms with Crippen LogP contribution in [0.5, 0.6) is 5.75 Å². The largest absolute Gasteiger partial charge is 0.491 e. The number of sulfonamides is 1. The van der Waals surface area contributed by atoms with E-state index >= 15 is 0 Å². The zero-order valence-electron chi connectivity index (χ0n) is 18.7. The van der Waals surface area contributed by atoms with Crippen molar-refractivity contribution < 1.29 is 17.9 Å². The van der Waals surface area contributed by atoms with Gasteiger partial charge in [0.2, 0.25) is 15.9 Å². The molecule has 0 aliphatic carbocycles. The highest BCUT2D eigenvalue weighted by atomic mass is 32.2. The Labute approximate surface area is 185 Å². The zero-order valence-corrected chi connectivity index (χ0v) is 19.5. The van der Waals surface area contributed by atoms with E-state index in [0.717, 1.165) is 11.3 Å². The maximum Gasteiger partial charge on any atom is 0.243 e. The van der Waals surface area contributed by atoms with Crippen molar-refractivity contribution in [1.82, 2.24) is 9.62 Å². The molecule has 0 spiro atoms. The summed E-state index contributed by atoms with van der Waals surface area (Å²) in [7, 11) is -3.52. The predicted octanol–water partition coefficient (Wildman–Crippen LogP) is 3.60. The Morgan fingerprint density at radius 1 is 1.06 bits per heavy atom. The van der Waals surface area contributed by atoms with Gasteiger partial charge < -0.3 is 10.1 Å². The molecule has 0 unspecified atom stereocenters. The monoisotopic (exact) mass is 444 g/mol. The molecule has 31 heavy (non-hydrogen) atoms. The standard InChI is InChI=1S/C24H32N2O4S/c1-17-5-9-23(10-6-17)31(28,29)26-13-11-21(12-14-26)24(27)25-20(4)16-30-22-8-7-18(2)19(3)15-22/h5-10,15,20-21H,11-14,16H2,1-4H3,(H,25,27)/t20-/m1/s1. The molecule has 0 aromatic heterocycles. The molecule has 168 valence electrons. The second-order valence-corrected chi connectivity index (χ2v) is 10.4. The van der Waals surface area contributed by atoms with Crippen molar-refractivity contribution in [2.24, 2.45) is 5.92 Å². The number of hydrogen-bond acceptors (Lipinski definition) is 4. The van der Waals surface area contributed by atoms with Gasteiger partial charge in [-0.15, -0.1) is 0 Å². The van der Waals surface area contributed by atoms with Crippen LogP contribution in [0.25, 0.3) is 0 Å². The van der Waals surface area contributed by atoms with Crippen molar-refractivity contribution in [2.75, 3.05) is 19.7 Å². The minimum atomic E-state index is -3.52. The molecule has 2 aromatic carbocycles. The molecule has 1 aliphatic heterocycles. The summed E-state index contributed by atoms with van der Waals surface area (Å²) >= 11 is 0. The summed E-state index contributed by atoms with van der Waals surface area (Å²) in [6.45, 7) is 9.01. The molecule has 6 nitrogen and oxygen atoms in total. The Morgan fingerprint density at radius 2 is 1.71 bits per heavy atom. The van der Waals surface area contributed by atoms with E-state index in [1.54, 1.807) is 24.3 Å². The molecule has 1 aliphatic rings. The number of rotatable bonds is 7. The van der Waals surface area contributed by atoms with Crippen molar-refractivity contribution in [1.29, 1.82) is 0 Å². The van der Waals surface area contributed by atoms with Gasteiger partial charge in [0.25, 0.3) is 0 Å². The van der Waals surface area contributed by atoms with E-state index < -0.39 is 10.0 Å². The van der Waals surface area contributed by atoms with E-state index in [-0.39, 0.29) is 17.9 Å². The van der Waals surface area contributed by atoms with Gasteiger partial charge >= 0.3 is 0 Å². The fraction of sp³-hybridized carbons (Fsp3) is 0.458. The highest BCUT2D eigenvalue weighted by molar-refractivity contribution is 7.89. The van der Waals surface area contributed by atoms with Crippen LogP contribution < -0.4 is 10.1 Å². The second kappa shape index (κ2) is 9.83. The first kappa shape index (κ1) is 23.3. The van der Waals surface area contributed by atoms with Gasteiger partial charge in [-0.2, -0.15) is 4.31 Å². The number of hydrogen-bond donors (Lipinski definition) is 1. The maximum absolute atomic E-state index is 12.8. The molecular formula is C24H32N2O4S. The average Bonchev–Trinajstić information content (AvgIpc) is 2.75. The third-order valence-electron chi connectivity index (χ3n) is 5.85. The Bertz CT molecular complexity index is 1010. The molecular weight excluding hydrogens is 412 g/mol. The molecule has 1 heterocycles. The van der Waals surface area contributed by atoms with Gasteiger partial charge in [0.05, 0.1) is 10.9 Å². The highest BCUT2D eigenvalue weighted by Gasteiger charge is 2.32. The summed E-state index contributed by atoms with van der Waals surface area (Å²) in [5, 5.41) is 3.01. The Kier molecular flexibility index (Phi) is 7.38. The van der Waals surface area contributed by atoms with Crippen molar-refractivity contribution in [3.05, 3.63) is 59.2 Å². The van der Waals surface area contributed by atoms with Crippen molar-refractivity contribution in [2.45, 2.75) is 51.5 Å². The third-order valence-corrected chi connectivity index (χ3v) is 7.76. The first-order chi connectivity index (χ1) is 14.7. The lowest BCUT2D eigenvalue weighted by molar-refractivity contribution is -0.126. The number of benzene rings is 2. The molecule has 1 atom stereocenters. The summed E-state index contributed by atoms with van der Waals surface area (Å²) in [6, 6.07) is 12.7. The van der Waals surface area contributed by atoms with Crippen molar-refractivity contribution >= 4 is 15.9 Å². The Balaban J connectivity index is 1.48. The molecule has 3 rings (SSSR count). The van der Waals surface area contributed by atoms with Crippen LogP contribution in [0.3, 0.4) is 0 Å². The zero-order chi connectivity index (χ0) is 22.6.